The van der Waals surface area contributed by atoms with Crippen molar-refractivity contribution in [1.82, 2.24) is 9.97 Å². The fourth-order valence-electron chi connectivity index (χ4n) is 9.46. The molecule has 2 heterocycles. The molecule has 2 aromatic rings. The van der Waals surface area contributed by atoms with Crippen molar-refractivity contribution in [2.24, 2.45) is 29.6 Å². The van der Waals surface area contributed by atoms with Crippen molar-refractivity contribution in [3.63, 3.8) is 0 Å². The minimum absolute atomic E-state index is 0.170. The molecular formula is C38H67Br2FN2O8P4. The van der Waals surface area contributed by atoms with Crippen LogP contribution in [0.15, 0.2) is 45.9 Å². The first-order chi connectivity index (χ1) is 24.7. The van der Waals surface area contributed by atoms with Gasteiger partial charge in [-0.1, -0.05) is 111 Å². The first-order valence-corrected chi connectivity index (χ1v) is 27.0. The van der Waals surface area contributed by atoms with E-state index in [9.17, 15) is 37.8 Å². The van der Waals surface area contributed by atoms with E-state index >= 15 is 4.39 Å². The number of hydrogen-bond acceptors (Lipinski definition) is 6. The predicted octanol–water partition coefficient (Wildman–Crippen LogP) is 12.3. The summed E-state index contributed by atoms with van der Waals surface area (Å²) in [6.07, 6.45) is 6.28. The molecule has 0 saturated carbocycles. The van der Waals surface area contributed by atoms with Gasteiger partial charge in [0.2, 0.25) is 30.1 Å². The minimum atomic E-state index is -4.79. The van der Waals surface area contributed by atoms with Gasteiger partial charge in [0, 0.05) is 56.1 Å². The highest BCUT2D eigenvalue weighted by Crippen LogP contribution is 2.84. The molecule has 17 heteroatoms. The Labute approximate surface area is 347 Å². The largest absolute Gasteiger partial charge is 0.346 e. The molecule has 0 bridgehead atoms. The second kappa shape index (κ2) is 19.1. The third kappa shape index (κ3) is 8.49. The molecule has 0 spiro atoms. The number of aromatic nitrogens is 2. The summed E-state index contributed by atoms with van der Waals surface area (Å²) in [7, 11) is -17.1. The van der Waals surface area contributed by atoms with Crippen LogP contribution >= 0.6 is 62.0 Å². The molecule has 2 rings (SSSR count). The quantitative estimate of drug-likeness (QED) is 0.118. The number of hydrogen-bond donors (Lipinski definition) is 4. The second-order valence-corrected chi connectivity index (χ2v) is 29.9. The van der Waals surface area contributed by atoms with Gasteiger partial charge in [-0.15, -0.1) is 0 Å². The summed E-state index contributed by atoms with van der Waals surface area (Å²) in [6.45, 7) is 27.3. The Bertz CT molecular complexity index is 1750. The summed E-state index contributed by atoms with van der Waals surface area (Å²) >= 11 is 6.78. The van der Waals surface area contributed by atoms with Crippen LogP contribution in [0.25, 0.3) is 0 Å². The number of alkyl halides is 1. The maximum absolute atomic E-state index is 17.4. The Morgan fingerprint density at radius 3 is 1.07 bits per heavy atom. The van der Waals surface area contributed by atoms with Gasteiger partial charge in [-0.25, -0.2) is 4.39 Å². The molecular weight excluding hydrogens is 915 g/mol. The van der Waals surface area contributed by atoms with E-state index in [0.29, 0.717) is 10.0 Å². The zero-order valence-electron chi connectivity index (χ0n) is 35.4. The summed E-state index contributed by atoms with van der Waals surface area (Å²) in [5, 5.41) is -3.25. The van der Waals surface area contributed by atoms with Crippen LogP contribution in [0.5, 0.6) is 0 Å². The maximum Gasteiger partial charge on any atom is 0.270 e. The number of halogens is 3. The third-order valence-corrected chi connectivity index (χ3v) is 26.1. The van der Waals surface area contributed by atoms with Crippen molar-refractivity contribution in [3.05, 3.63) is 57.0 Å². The highest BCUT2D eigenvalue weighted by atomic mass is 79.9. The van der Waals surface area contributed by atoms with Crippen LogP contribution in [0.4, 0.5) is 4.39 Å². The molecule has 0 aliphatic carbocycles. The Hall–Kier alpha value is -0.0500. The van der Waals surface area contributed by atoms with E-state index in [4.69, 9.17) is 0 Å². The second-order valence-electron chi connectivity index (χ2n) is 17.1. The van der Waals surface area contributed by atoms with Crippen LogP contribution in [0.1, 0.15) is 122 Å². The lowest BCUT2D eigenvalue weighted by molar-refractivity contribution is 0.0844. The van der Waals surface area contributed by atoms with Crippen molar-refractivity contribution < 1.29 is 42.2 Å². The van der Waals surface area contributed by atoms with Gasteiger partial charge in [0.1, 0.15) is 4.90 Å². The molecule has 2 aromatic heterocycles. The van der Waals surface area contributed by atoms with Crippen LogP contribution in [-0.4, -0.2) is 56.6 Å². The summed E-state index contributed by atoms with van der Waals surface area (Å²) in [5.74, 6) is -1.96. The molecule has 0 aromatic carbocycles. The minimum Gasteiger partial charge on any atom is -0.346 e. The van der Waals surface area contributed by atoms with E-state index < -0.39 is 85.7 Å². The van der Waals surface area contributed by atoms with E-state index in [2.05, 4.69) is 41.8 Å². The molecule has 0 fully saturated rings. The smallest absolute Gasteiger partial charge is 0.270 e. The normalized spacial score (nSPS) is 19.3. The molecule has 0 saturated heterocycles. The Balaban J connectivity index is 0.000000550. The number of pyridine rings is 2. The van der Waals surface area contributed by atoms with Crippen molar-refractivity contribution in [2.45, 2.75) is 149 Å². The molecule has 5 atom stereocenters. The van der Waals surface area contributed by atoms with E-state index in [1.165, 1.54) is 40.1 Å². The molecule has 4 N–H and O–H groups in total. The Morgan fingerprint density at radius 1 is 0.564 bits per heavy atom. The fraction of sp³-hybridized carbons (Fsp3) is 0.737. The van der Waals surface area contributed by atoms with Crippen molar-refractivity contribution >= 4 is 62.0 Å². The van der Waals surface area contributed by atoms with Crippen molar-refractivity contribution in [3.8, 4) is 0 Å². The van der Waals surface area contributed by atoms with E-state index in [1.807, 2.05) is 33.8 Å². The van der Waals surface area contributed by atoms with Gasteiger partial charge >= 0.3 is 0 Å². The standard InChI is InChI=1S/C19H33BrFNO4P2.C19H34BrNO4P2/c1-12(2)18(13(3)4,16-9-17(20)11-22-10-16)19(21,27(23,24)14(5)6)28(25,26)15(7)8;1-12(2)18(13(3)4,16-9-17(20)11-21-10-16)19(14(5)6,26(22)23)27(24,25)15(7)8/h9-15H,1-8H3,(H,23,24)(H,25,26);9-15,26H,1-8H3,(H,22,23)(H,24,25). The molecule has 0 radical (unpaired) electrons. The van der Waals surface area contributed by atoms with Gasteiger partial charge in [-0.3, -0.25) is 28.2 Å². The summed E-state index contributed by atoms with van der Waals surface area (Å²) in [4.78, 5) is 51.0. The van der Waals surface area contributed by atoms with Crippen molar-refractivity contribution in [2.75, 3.05) is 0 Å². The lowest BCUT2D eigenvalue weighted by Gasteiger charge is -2.58. The first kappa shape index (κ1) is 53.0. The van der Waals surface area contributed by atoms with Crippen LogP contribution in [0.2, 0.25) is 0 Å². The zero-order chi connectivity index (χ0) is 43.7. The number of rotatable bonds is 16. The lowest BCUT2D eigenvalue weighted by Crippen LogP contribution is -2.59. The molecule has 10 nitrogen and oxygen atoms in total. The topological polar surface area (TPSA) is 175 Å². The van der Waals surface area contributed by atoms with Crippen LogP contribution < -0.4 is 0 Å². The van der Waals surface area contributed by atoms with Gasteiger partial charge in [0.25, 0.3) is 5.15 Å². The monoisotopic (exact) mass is 980 g/mol. The van der Waals surface area contributed by atoms with Gasteiger partial charge < -0.3 is 19.6 Å². The van der Waals surface area contributed by atoms with E-state index in [1.54, 1.807) is 73.8 Å². The highest BCUT2D eigenvalue weighted by Gasteiger charge is 2.75. The fourth-order valence-corrected chi connectivity index (χ4v) is 23.1. The zero-order valence-corrected chi connectivity index (χ0v) is 42.2. The van der Waals surface area contributed by atoms with Gasteiger partial charge in [-0.2, -0.15) is 0 Å². The van der Waals surface area contributed by atoms with E-state index in [0.717, 1.165) is 10.0 Å². The van der Waals surface area contributed by atoms with Gasteiger partial charge in [-0.05, 0) is 84.7 Å². The van der Waals surface area contributed by atoms with Crippen molar-refractivity contribution in [1.29, 1.82) is 0 Å². The van der Waals surface area contributed by atoms with Gasteiger partial charge in [0.05, 0.1) is 5.41 Å². The highest BCUT2D eigenvalue weighted by molar-refractivity contribution is 9.10. The maximum atomic E-state index is 17.4. The Kier molecular flexibility index (Phi) is 18.4. The molecule has 0 amide bonds. The average molecular weight is 983 g/mol. The van der Waals surface area contributed by atoms with E-state index in [-0.39, 0.29) is 11.8 Å². The van der Waals surface area contributed by atoms with Crippen LogP contribution in [-0.2, 0) is 29.1 Å². The van der Waals surface area contributed by atoms with Gasteiger partial charge in [0.15, 0.2) is 0 Å². The SMILES string of the molecule is CC(C)C(c1cncc(Br)c1)(C(C)C)C(C(C)C)([PH](=O)O)P(=O)(O)C(C)C.CC(C)C(c1cncc(Br)c1)(C(C)C)C(F)(P(=O)(O)C(C)C)P(=O)(O)C(C)C. The molecule has 5 unspecified atom stereocenters. The lowest BCUT2D eigenvalue weighted by atomic mass is 9.60. The summed E-state index contributed by atoms with van der Waals surface area (Å²) in [6, 6.07) is 3.50. The molecule has 318 valence electrons. The predicted molar refractivity (Wildman–Crippen MR) is 234 cm³/mol. The average Bonchev–Trinajstić information content (AvgIpc) is 3.02. The molecule has 0 aliphatic heterocycles. The number of nitrogens with zero attached hydrogens (tertiary/aromatic N) is 2. The first-order valence-electron chi connectivity index (χ1n) is 18.9. The van der Waals surface area contributed by atoms with Crippen LogP contribution in [0.3, 0.4) is 0 Å². The summed E-state index contributed by atoms with van der Waals surface area (Å²) in [5.41, 5.74) is -4.39. The van der Waals surface area contributed by atoms with Crippen LogP contribution in [0, 0.1) is 29.6 Å². The summed E-state index contributed by atoms with van der Waals surface area (Å²) < 4.78 is 73.0. The third-order valence-electron chi connectivity index (χ3n) is 11.8. The Morgan fingerprint density at radius 2 is 0.855 bits per heavy atom. The molecule has 0 aliphatic rings. The molecule has 55 heavy (non-hydrogen) atoms.